The van der Waals surface area contributed by atoms with Crippen molar-refractivity contribution in [3.63, 3.8) is 0 Å². The summed E-state index contributed by atoms with van der Waals surface area (Å²) in [7, 11) is 0. The van der Waals surface area contributed by atoms with Crippen LogP contribution in [-0.4, -0.2) is 25.2 Å². The van der Waals surface area contributed by atoms with Gasteiger partial charge in [0.05, 0.1) is 30.9 Å². The van der Waals surface area contributed by atoms with Gasteiger partial charge in [-0.1, -0.05) is 24.0 Å². The molecule has 19 heavy (non-hydrogen) atoms. The van der Waals surface area contributed by atoms with Crippen LogP contribution in [0.1, 0.15) is 18.9 Å². The number of ether oxygens (including phenoxy) is 1. The van der Waals surface area contributed by atoms with Crippen LogP contribution >= 0.6 is 0 Å². The SMILES string of the molecule is CC1CC(C(=O)Nc2ccccc2C#CCN)CO1. The van der Waals surface area contributed by atoms with E-state index in [1.165, 1.54) is 0 Å². The van der Waals surface area contributed by atoms with Gasteiger partial charge in [-0.05, 0) is 25.5 Å². The van der Waals surface area contributed by atoms with Crippen LogP contribution in [0.3, 0.4) is 0 Å². The van der Waals surface area contributed by atoms with Crippen LogP contribution in [0, 0.1) is 17.8 Å². The first-order valence-corrected chi connectivity index (χ1v) is 6.41. The molecule has 1 aliphatic heterocycles. The molecule has 0 aliphatic carbocycles. The minimum atomic E-state index is -0.0782. The van der Waals surface area contributed by atoms with Crippen molar-refractivity contribution in [1.29, 1.82) is 0 Å². The number of anilines is 1. The van der Waals surface area contributed by atoms with Crippen molar-refractivity contribution < 1.29 is 9.53 Å². The average molecular weight is 258 g/mol. The molecule has 2 rings (SSSR count). The Hall–Kier alpha value is -1.83. The van der Waals surface area contributed by atoms with E-state index in [-0.39, 0.29) is 17.9 Å². The van der Waals surface area contributed by atoms with E-state index < -0.39 is 0 Å². The van der Waals surface area contributed by atoms with Crippen LogP contribution in [0.4, 0.5) is 5.69 Å². The van der Waals surface area contributed by atoms with Crippen LogP contribution < -0.4 is 11.1 Å². The molecule has 0 bridgehead atoms. The minimum absolute atomic E-state index is 0.00801. The third-order valence-corrected chi connectivity index (χ3v) is 3.08. The van der Waals surface area contributed by atoms with Crippen LogP contribution in [0.5, 0.6) is 0 Å². The Balaban J connectivity index is 2.08. The second-order valence-corrected chi connectivity index (χ2v) is 4.62. The summed E-state index contributed by atoms with van der Waals surface area (Å²) in [5.74, 6) is 5.67. The van der Waals surface area contributed by atoms with E-state index in [2.05, 4.69) is 17.2 Å². The lowest BCUT2D eigenvalue weighted by atomic mass is 10.0. The van der Waals surface area contributed by atoms with E-state index in [9.17, 15) is 4.79 Å². The molecule has 4 heteroatoms. The van der Waals surface area contributed by atoms with Crippen molar-refractivity contribution in [2.75, 3.05) is 18.5 Å². The average Bonchev–Trinajstić information content (AvgIpc) is 2.84. The van der Waals surface area contributed by atoms with Crippen LogP contribution in [0.25, 0.3) is 0 Å². The number of hydrogen-bond donors (Lipinski definition) is 2. The topological polar surface area (TPSA) is 64.4 Å². The van der Waals surface area contributed by atoms with Gasteiger partial charge in [-0.15, -0.1) is 0 Å². The maximum atomic E-state index is 12.1. The molecule has 1 aliphatic rings. The van der Waals surface area contributed by atoms with Crippen LogP contribution in [-0.2, 0) is 9.53 Å². The van der Waals surface area contributed by atoms with Crippen LogP contribution in [0.15, 0.2) is 24.3 Å². The van der Waals surface area contributed by atoms with Gasteiger partial charge in [0.2, 0.25) is 5.91 Å². The van der Waals surface area contributed by atoms with Gasteiger partial charge in [0.1, 0.15) is 0 Å². The first-order valence-electron chi connectivity index (χ1n) is 6.41. The lowest BCUT2D eigenvalue weighted by molar-refractivity contribution is -0.119. The zero-order valence-electron chi connectivity index (χ0n) is 11.0. The summed E-state index contributed by atoms with van der Waals surface area (Å²) in [5, 5.41) is 2.92. The minimum Gasteiger partial charge on any atom is -0.378 e. The molecule has 1 heterocycles. The number of carbonyl (C=O) groups is 1. The summed E-state index contributed by atoms with van der Waals surface area (Å²) in [5.41, 5.74) is 6.88. The second kappa shape index (κ2) is 6.37. The highest BCUT2D eigenvalue weighted by Crippen LogP contribution is 2.22. The summed E-state index contributed by atoms with van der Waals surface area (Å²) in [4.78, 5) is 12.1. The maximum absolute atomic E-state index is 12.1. The predicted octanol–water partition coefficient (Wildman–Crippen LogP) is 1.36. The van der Waals surface area contributed by atoms with Gasteiger partial charge in [-0.2, -0.15) is 0 Å². The molecular weight excluding hydrogens is 240 g/mol. The first kappa shape index (κ1) is 13.6. The zero-order chi connectivity index (χ0) is 13.7. The molecule has 1 fully saturated rings. The fourth-order valence-electron chi connectivity index (χ4n) is 2.08. The number of carbonyl (C=O) groups excluding carboxylic acids is 1. The monoisotopic (exact) mass is 258 g/mol. The van der Waals surface area contributed by atoms with Crippen molar-refractivity contribution in [2.45, 2.75) is 19.4 Å². The standard InChI is InChI=1S/C15H18N2O2/c1-11-9-13(10-19-11)15(18)17-14-7-3-2-5-12(14)6-4-8-16/h2-3,5,7,11,13H,8-10,16H2,1H3,(H,17,18). The van der Waals surface area contributed by atoms with Crippen molar-refractivity contribution >= 4 is 11.6 Å². The Morgan fingerprint density at radius 1 is 1.53 bits per heavy atom. The largest absolute Gasteiger partial charge is 0.378 e. The molecular formula is C15H18N2O2. The van der Waals surface area contributed by atoms with Gasteiger partial charge in [0, 0.05) is 5.56 Å². The number of nitrogens with one attached hydrogen (secondary N) is 1. The fourth-order valence-corrected chi connectivity index (χ4v) is 2.08. The number of para-hydroxylation sites is 1. The normalized spacial score (nSPS) is 21.6. The molecule has 1 amide bonds. The van der Waals surface area contributed by atoms with E-state index in [0.29, 0.717) is 13.2 Å². The quantitative estimate of drug-likeness (QED) is 0.787. The van der Waals surface area contributed by atoms with Crippen LogP contribution in [0.2, 0.25) is 0 Å². The van der Waals surface area contributed by atoms with E-state index in [0.717, 1.165) is 17.7 Å². The Kier molecular flexibility index (Phi) is 4.56. The van der Waals surface area contributed by atoms with Gasteiger partial charge < -0.3 is 15.8 Å². The molecule has 0 spiro atoms. The fraction of sp³-hybridized carbons (Fsp3) is 0.400. The zero-order valence-corrected chi connectivity index (χ0v) is 11.0. The Morgan fingerprint density at radius 2 is 2.32 bits per heavy atom. The van der Waals surface area contributed by atoms with Gasteiger partial charge in [-0.3, -0.25) is 4.79 Å². The molecule has 4 nitrogen and oxygen atoms in total. The number of hydrogen-bond acceptors (Lipinski definition) is 3. The summed E-state index contributed by atoms with van der Waals surface area (Å²) in [6.45, 7) is 2.77. The highest BCUT2D eigenvalue weighted by Gasteiger charge is 2.28. The molecule has 0 radical (unpaired) electrons. The molecule has 1 saturated heterocycles. The molecule has 0 aromatic heterocycles. The summed E-state index contributed by atoms with van der Waals surface area (Å²) in [6, 6.07) is 7.47. The smallest absolute Gasteiger partial charge is 0.229 e. The van der Waals surface area contributed by atoms with Gasteiger partial charge in [-0.25, -0.2) is 0 Å². The summed E-state index contributed by atoms with van der Waals surface area (Å²) < 4.78 is 5.41. The highest BCUT2D eigenvalue weighted by atomic mass is 16.5. The number of rotatable bonds is 2. The lowest BCUT2D eigenvalue weighted by Gasteiger charge is -2.10. The van der Waals surface area contributed by atoms with Gasteiger partial charge >= 0.3 is 0 Å². The van der Waals surface area contributed by atoms with E-state index in [1.807, 2.05) is 31.2 Å². The van der Waals surface area contributed by atoms with Gasteiger partial charge in [0.15, 0.2) is 0 Å². The Bertz CT molecular complexity index is 516. The summed E-state index contributed by atoms with van der Waals surface area (Å²) in [6.07, 6.45) is 0.922. The Labute approximate surface area is 113 Å². The van der Waals surface area contributed by atoms with Crippen molar-refractivity contribution in [2.24, 2.45) is 11.7 Å². The maximum Gasteiger partial charge on any atom is 0.229 e. The molecule has 1 aromatic rings. The predicted molar refractivity (Wildman–Crippen MR) is 74.5 cm³/mol. The number of benzene rings is 1. The van der Waals surface area contributed by atoms with Crippen molar-refractivity contribution in [3.05, 3.63) is 29.8 Å². The third-order valence-electron chi connectivity index (χ3n) is 3.08. The second-order valence-electron chi connectivity index (χ2n) is 4.62. The van der Waals surface area contributed by atoms with E-state index in [4.69, 9.17) is 10.5 Å². The van der Waals surface area contributed by atoms with Crippen molar-refractivity contribution in [1.82, 2.24) is 0 Å². The Morgan fingerprint density at radius 3 is 3.00 bits per heavy atom. The number of nitrogens with two attached hydrogens (primary N) is 1. The number of amides is 1. The van der Waals surface area contributed by atoms with E-state index >= 15 is 0 Å². The van der Waals surface area contributed by atoms with Gasteiger partial charge in [0.25, 0.3) is 0 Å². The molecule has 1 aromatic carbocycles. The first-order chi connectivity index (χ1) is 9.20. The van der Waals surface area contributed by atoms with E-state index in [1.54, 1.807) is 0 Å². The molecule has 0 saturated carbocycles. The lowest BCUT2D eigenvalue weighted by Crippen LogP contribution is -2.23. The highest BCUT2D eigenvalue weighted by molar-refractivity contribution is 5.94. The summed E-state index contributed by atoms with van der Waals surface area (Å²) >= 11 is 0. The molecule has 2 unspecified atom stereocenters. The third kappa shape index (κ3) is 3.57. The molecule has 2 atom stereocenters. The molecule has 3 N–H and O–H groups in total. The molecule has 100 valence electrons. The van der Waals surface area contributed by atoms with Crippen molar-refractivity contribution in [3.8, 4) is 11.8 Å².